The van der Waals surface area contributed by atoms with E-state index >= 15 is 0 Å². The van der Waals surface area contributed by atoms with Crippen LogP contribution in [0.25, 0.3) is 42.1 Å². The summed E-state index contributed by atoms with van der Waals surface area (Å²) >= 11 is 1.90. The van der Waals surface area contributed by atoms with Crippen molar-refractivity contribution < 1.29 is 0 Å². The molecule has 1 nitrogen and oxygen atoms in total. The maximum absolute atomic E-state index is 2.46. The van der Waals surface area contributed by atoms with E-state index < -0.39 is 0 Å². The van der Waals surface area contributed by atoms with E-state index in [9.17, 15) is 0 Å². The molecule has 0 saturated heterocycles. The Balaban J connectivity index is 1.48. The highest BCUT2D eigenvalue weighted by atomic mass is 32.1. The Kier molecular flexibility index (Phi) is 5.41. The number of benzene rings is 5. The first-order valence-electron chi connectivity index (χ1n) is 12.9. The van der Waals surface area contributed by atoms with Crippen LogP contribution in [0.5, 0.6) is 0 Å². The molecule has 7 rings (SSSR count). The Hall–Kier alpha value is -4.14. The quantitative estimate of drug-likeness (QED) is 0.236. The topological polar surface area (TPSA) is 3.24 Å². The van der Waals surface area contributed by atoms with Crippen LogP contribution in [0.1, 0.15) is 18.4 Å². The molecule has 6 aromatic rings. The van der Waals surface area contributed by atoms with Gasteiger partial charge in [-0.05, 0) is 66.6 Å². The second-order valence-corrected chi connectivity index (χ2v) is 10.8. The summed E-state index contributed by atoms with van der Waals surface area (Å²) in [6, 6.07) is 37.9. The molecule has 0 spiro atoms. The van der Waals surface area contributed by atoms with Crippen molar-refractivity contribution in [1.82, 2.24) is 0 Å². The fourth-order valence-corrected chi connectivity index (χ4v) is 6.91. The fourth-order valence-electron chi connectivity index (χ4n) is 5.68. The van der Waals surface area contributed by atoms with Crippen LogP contribution < -0.4 is 4.90 Å². The molecular formula is C35H27NS. The summed E-state index contributed by atoms with van der Waals surface area (Å²) in [5.41, 5.74) is 7.65. The Morgan fingerprint density at radius 3 is 2.30 bits per heavy atom. The molecule has 1 heterocycles. The molecule has 0 fully saturated rings. The van der Waals surface area contributed by atoms with Gasteiger partial charge in [0.25, 0.3) is 0 Å². The van der Waals surface area contributed by atoms with E-state index in [0.29, 0.717) is 0 Å². The lowest BCUT2D eigenvalue weighted by Gasteiger charge is -2.30. The number of aryl methyl sites for hydroxylation is 1. The minimum absolute atomic E-state index is 1.03. The minimum atomic E-state index is 1.03. The van der Waals surface area contributed by atoms with Gasteiger partial charge in [-0.1, -0.05) is 91.0 Å². The summed E-state index contributed by atoms with van der Waals surface area (Å²) in [5, 5.41) is 5.24. The summed E-state index contributed by atoms with van der Waals surface area (Å²) < 4.78 is 2.70. The largest absolute Gasteiger partial charge is 0.314 e. The average molecular weight is 494 g/mol. The Morgan fingerprint density at radius 1 is 0.676 bits per heavy atom. The van der Waals surface area contributed by atoms with Crippen LogP contribution in [-0.2, 0) is 0 Å². The molecule has 0 radical (unpaired) electrons. The van der Waals surface area contributed by atoms with Crippen LogP contribution in [-0.4, -0.2) is 0 Å². The lowest BCUT2D eigenvalue weighted by molar-refractivity contribution is 0.919. The van der Waals surface area contributed by atoms with Crippen LogP contribution in [0.15, 0.2) is 127 Å². The summed E-state index contributed by atoms with van der Waals surface area (Å²) in [5.74, 6) is 0. The van der Waals surface area contributed by atoms with Gasteiger partial charge in [0.2, 0.25) is 0 Å². The van der Waals surface area contributed by atoms with Gasteiger partial charge in [-0.25, -0.2) is 0 Å². The first-order valence-corrected chi connectivity index (χ1v) is 13.7. The molecule has 0 bridgehead atoms. The zero-order chi connectivity index (χ0) is 24.8. The van der Waals surface area contributed by atoms with E-state index in [-0.39, 0.29) is 0 Å². The van der Waals surface area contributed by atoms with Crippen molar-refractivity contribution in [3.8, 4) is 11.1 Å². The molecule has 0 saturated carbocycles. The van der Waals surface area contributed by atoms with Crippen molar-refractivity contribution in [1.29, 1.82) is 0 Å². The maximum atomic E-state index is 2.46. The average Bonchev–Trinajstić information content (AvgIpc) is 3.33. The molecule has 0 amide bonds. The number of hydrogen-bond donors (Lipinski definition) is 0. The molecule has 1 aliphatic carbocycles. The number of fused-ring (bicyclic) bond motifs is 4. The number of thiophene rings is 1. The zero-order valence-electron chi connectivity index (χ0n) is 20.8. The smallest absolute Gasteiger partial charge is 0.0537 e. The van der Waals surface area contributed by atoms with Crippen molar-refractivity contribution in [2.45, 2.75) is 19.8 Å². The number of nitrogens with zero attached hydrogens (tertiary/aromatic N) is 1. The van der Waals surface area contributed by atoms with Gasteiger partial charge < -0.3 is 4.90 Å². The van der Waals surface area contributed by atoms with Gasteiger partial charge >= 0.3 is 0 Å². The number of anilines is 2. The van der Waals surface area contributed by atoms with Gasteiger partial charge in [-0.3, -0.25) is 0 Å². The molecule has 2 heteroatoms. The minimum Gasteiger partial charge on any atom is -0.314 e. The Morgan fingerprint density at radius 2 is 1.46 bits per heavy atom. The molecule has 0 aliphatic heterocycles. The standard InChI is InChI=1S/C35H27NS/c1-24-11-9-14-26(23-24)36(25-12-3-2-4-13-25)33-22-21-28(27-15-5-6-16-29(27)33)31-18-10-19-32-30-17-7-8-20-34(30)37-35(31)32/h2-3,5-12,14-23H,4,13H2,1H3. The number of rotatable bonds is 4. The van der Waals surface area contributed by atoms with Crippen molar-refractivity contribution >= 4 is 53.7 Å². The highest BCUT2D eigenvalue weighted by molar-refractivity contribution is 7.26. The molecule has 0 unspecified atom stereocenters. The second kappa shape index (κ2) is 9.06. The van der Waals surface area contributed by atoms with Crippen LogP contribution in [0, 0.1) is 6.92 Å². The van der Waals surface area contributed by atoms with E-state index in [1.807, 2.05) is 11.3 Å². The highest BCUT2D eigenvalue weighted by Crippen LogP contribution is 2.45. The molecule has 37 heavy (non-hydrogen) atoms. The SMILES string of the molecule is Cc1cccc(N(C2=CC=CCC2)c2ccc(-c3cccc4c3sc3ccccc34)c3ccccc23)c1. The number of hydrogen-bond acceptors (Lipinski definition) is 2. The molecule has 0 N–H and O–H groups in total. The Bertz CT molecular complexity index is 1850. The maximum Gasteiger partial charge on any atom is 0.0537 e. The monoisotopic (exact) mass is 493 g/mol. The van der Waals surface area contributed by atoms with Crippen molar-refractivity contribution in [2.75, 3.05) is 4.90 Å². The summed E-state index contributed by atoms with van der Waals surface area (Å²) in [4.78, 5) is 2.46. The van der Waals surface area contributed by atoms with Gasteiger partial charge in [-0.15, -0.1) is 11.3 Å². The van der Waals surface area contributed by atoms with E-state index in [4.69, 9.17) is 0 Å². The van der Waals surface area contributed by atoms with Gasteiger partial charge in [0, 0.05) is 42.5 Å². The first kappa shape index (κ1) is 22.1. The van der Waals surface area contributed by atoms with Crippen molar-refractivity contribution in [2.24, 2.45) is 0 Å². The third-order valence-corrected chi connectivity index (χ3v) is 8.60. The van der Waals surface area contributed by atoms with Gasteiger partial charge in [-0.2, -0.15) is 0 Å². The third kappa shape index (κ3) is 3.77. The lowest BCUT2D eigenvalue weighted by Crippen LogP contribution is -2.17. The predicted octanol–water partition coefficient (Wildman–Crippen LogP) is 10.6. The molecule has 0 atom stereocenters. The molecule has 5 aromatic carbocycles. The van der Waals surface area contributed by atoms with Crippen LogP contribution in [0.2, 0.25) is 0 Å². The zero-order valence-corrected chi connectivity index (χ0v) is 21.6. The molecule has 178 valence electrons. The molecular weight excluding hydrogens is 466 g/mol. The van der Waals surface area contributed by atoms with Gasteiger partial charge in [0.15, 0.2) is 0 Å². The second-order valence-electron chi connectivity index (χ2n) is 9.76. The van der Waals surface area contributed by atoms with Crippen LogP contribution in [0.3, 0.4) is 0 Å². The summed E-state index contributed by atoms with van der Waals surface area (Å²) in [6.07, 6.45) is 8.82. The van der Waals surface area contributed by atoms with E-state index in [0.717, 1.165) is 12.8 Å². The lowest BCUT2D eigenvalue weighted by atomic mass is 9.95. The highest BCUT2D eigenvalue weighted by Gasteiger charge is 2.20. The van der Waals surface area contributed by atoms with E-state index in [2.05, 4.69) is 133 Å². The summed E-state index contributed by atoms with van der Waals surface area (Å²) in [7, 11) is 0. The Labute approximate surface area is 221 Å². The molecule has 1 aromatic heterocycles. The van der Waals surface area contributed by atoms with Crippen molar-refractivity contribution in [3.05, 3.63) is 133 Å². The third-order valence-electron chi connectivity index (χ3n) is 7.38. The van der Waals surface area contributed by atoms with E-state index in [1.54, 1.807) is 0 Å². The number of allylic oxidation sites excluding steroid dienone is 4. The summed E-state index contributed by atoms with van der Waals surface area (Å²) in [6.45, 7) is 2.17. The van der Waals surface area contributed by atoms with Gasteiger partial charge in [0.1, 0.15) is 0 Å². The normalized spacial score (nSPS) is 13.4. The van der Waals surface area contributed by atoms with Crippen molar-refractivity contribution in [3.63, 3.8) is 0 Å². The predicted molar refractivity (Wildman–Crippen MR) is 162 cm³/mol. The van der Waals surface area contributed by atoms with Crippen LogP contribution in [0.4, 0.5) is 11.4 Å². The van der Waals surface area contributed by atoms with Gasteiger partial charge in [0.05, 0.1) is 5.69 Å². The first-order chi connectivity index (χ1) is 18.3. The van der Waals surface area contributed by atoms with E-state index in [1.165, 1.54) is 64.7 Å². The van der Waals surface area contributed by atoms with Crippen LogP contribution >= 0.6 is 11.3 Å². The fraction of sp³-hybridized carbons (Fsp3) is 0.0857. The molecule has 1 aliphatic rings.